The largest absolute Gasteiger partial charge is 0.494 e. The molecular formula is C17H27ClN2O4. The molecule has 0 saturated heterocycles. The van der Waals surface area contributed by atoms with Gasteiger partial charge in [-0.15, -0.1) is 12.4 Å². The Labute approximate surface area is 149 Å². The number of carboxylic acid groups (broad SMARTS) is 1. The monoisotopic (exact) mass is 358 g/mol. The van der Waals surface area contributed by atoms with Crippen molar-refractivity contribution >= 4 is 24.3 Å². The lowest BCUT2D eigenvalue weighted by Gasteiger charge is -2.20. The molecule has 1 unspecified atom stereocenters. The number of hydrogen-bond acceptors (Lipinski definition) is 4. The first-order valence-electron chi connectivity index (χ1n) is 7.85. The minimum Gasteiger partial charge on any atom is -0.494 e. The van der Waals surface area contributed by atoms with Crippen LogP contribution in [0.5, 0.6) is 5.75 Å². The van der Waals surface area contributed by atoms with Gasteiger partial charge >= 0.3 is 5.97 Å². The summed E-state index contributed by atoms with van der Waals surface area (Å²) < 4.78 is 5.63. The minimum absolute atomic E-state index is 0. The van der Waals surface area contributed by atoms with Crippen molar-refractivity contribution in [2.45, 2.75) is 39.3 Å². The molecule has 2 N–H and O–H groups in total. The number of unbranched alkanes of at least 4 members (excludes halogenated alkanes) is 1. The summed E-state index contributed by atoms with van der Waals surface area (Å²) in [6.07, 6.45) is 2.09. The topological polar surface area (TPSA) is 78.9 Å². The van der Waals surface area contributed by atoms with Gasteiger partial charge in [-0.25, -0.2) is 0 Å². The summed E-state index contributed by atoms with van der Waals surface area (Å²) in [4.78, 5) is 24.2. The Kier molecular flexibility index (Phi) is 10.8. The number of carbonyl (C=O) groups excluding carboxylic acids is 1. The van der Waals surface area contributed by atoms with Crippen molar-refractivity contribution in [3.8, 4) is 5.75 Å². The Morgan fingerprint density at radius 3 is 2.71 bits per heavy atom. The zero-order chi connectivity index (χ0) is 17.2. The number of nitrogens with one attached hydrogen (secondary N) is 1. The summed E-state index contributed by atoms with van der Waals surface area (Å²) >= 11 is 0. The normalized spacial score (nSPS) is 11.5. The molecule has 136 valence electrons. The molecule has 7 heteroatoms. The van der Waals surface area contributed by atoms with E-state index < -0.39 is 12.0 Å². The van der Waals surface area contributed by atoms with Crippen molar-refractivity contribution < 1.29 is 19.4 Å². The number of halogens is 1. The first-order valence-corrected chi connectivity index (χ1v) is 7.85. The Balaban J connectivity index is 0.00000529. The Morgan fingerprint density at radius 2 is 2.08 bits per heavy atom. The number of rotatable bonds is 10. The number of hydrogen-bond donors (Lipinski definition) is 2. The predicted molar refractivity (Wildman–Crippen MR) is 95.7 cm³/mol. The molecular weight excluding hydrogens is 332 g/mol. The molecule has 0 fully saturated rings. The minimum atomic E-state index is -0.947. The lowest BCUT2D eigenvalue weighted by Crippen LogP contribution is -2.42. The summed E-state index contributed by atoms with van der Waals surface area (Å²) in [5.41, 5.74) is 0.946. The highest BCUT2D eigenvalue weighted by Gasteiger charge is 2.18. The van der Waals surface area contributed by atoms with Gasteiger partial charge in [0.05, 0.1) is 13.2 Å². The van der Waals surface area contributed by atoms with Crippen LogP contribution in [0.4, 0.5) is 0 Å². The van der Waals surface area contributed by atoms with Gasteiger partial charge in [0, 0.05) is 6.54 Å². The number of aliphatic carboxylic acids is 1. The maximum atomic E-state index is 11.9. The Morgan fingerprint density at radius 1 is 1.38 bits per heavy atom. The number of benzene rings is 1. The van der Waals surface area contributed by atoms with Gasteiger partial charge in [0.15, 0.2) is 0 Å². The molecule has 6 nitrogen and oxygen atoms in total. The second-order valence-electron chi connectivity index (χ2n) is 5.56. The maximum Gasteiger partial charge on any atom is 0.320 e. The van der Waals surface area contributed by atoms with E-state index in [4.69, 9.17) is 9.84 Å². The zero-order valence-electron chi connectivity index (χ0n) is 14.4. The van der Waals surface area contributed by atoms with Gasteiger partial charge in [0.2, 0.25) is 5.91 Å². The van der Waals surface area contributed by atoms with Crippen LogP contribution >= 0.6 is 12.4 Å². The van der Waals surface area contributed by atoms with Gasteiger partial charge in [0.1, 0.15) is 11.8 Å². The van der Waals surface area contributed by atoms with Crippen LogP contribution in [0.1, 0.15) is 32.3 Å². The first-order chi connectivity index (χ1) is 10.9. The number of likely N-dealkylation sites (N-methyl/N-ethyl adjacent to an activating group) is 1. The second-order valence-corrected chi connectivity index (χ2v) is 5.56. The van der Waals surface area contributed by atoms with Crippen molar-refractivity contribution in [3.05, 3.63) is 29.8 Å². The van der Waals surface area contributed by atoms with Crippen LogP contribution in [0.2, 0.25) is 0 Å². The standard InChI is InChI=1S/C17H26N2O4.ClH/c1-4-5-9-23-15-8-6-7-14(10-15)11-18-16(20)12-19(3)13(2)17(21)22;/h6-8,10,13H,4-5,9,11-12H2,1-3H3,(H,18,20)(H,21,22);1H. The smallest absolute Gasteiger partial charge is 0.320 e. The maximum absolute atomic E-state index is 11.9. The number of carboxylic acids is 1. The first kappa shape index (κ1) is 22.2. The van der Waals surface area contributed by atoms with Crippen LogP contribution in [0.15, 0.2) is 24.3 Å². The average Bonchev–Trinajstić information content (AvgIpc) is 2.52. The molecule has 0 saturated carbocycles. The molecule has 1 aromatic rings. The third kappa shape index (κ3) is 8.17. The van der Waals surface area contributed by atoms with E-state index in [0.29, 0.717) is 13.2 Å². The number of ether oxygens (including phenoxy) is 1. The molecule has 0 spiro atoms. The van der Waals surface area contributed by atoms with Crippen molar-refractivity contribution in [2.75, 3.05) is 20.2 Å². The van der Waals surface area contributed by atoms with Crippen molar-refractivity contribution in [2.24, 2.45) is 0 Å². The van der Waals surface area contributed by atoms with E-state index in [0.717, 1.165) is 24.2 Å². The summed E-state index contributed by atoms with van der Waals surface area (Å²) in [5, 5.41) is 11.7. The SMILES string of the molecule is CCCCOc1cccc(CNC(=O)CN(C)C(C)C(=O)O)c1.Cl. The van der Waals surface area contributed by atoms with Crippen molar-refractivity contribution in [1.82, 2.24) is 10.2 Å². The van der Waals surface area contributed by atoms with E-state index in [2.05, 4.69) is 12.2 Å². The van der Waals surface area contributed by atoms with Crippen LogP contribution < -0.4 is 10.1 Å². The Bertz CT molecular complexity index is 525. The molecule has 0 heterocycles. The summed E-state index contributed by atoms with van der Waals surface area (Å²) in [6.45, 7) is 4.77. The fourth-order valence-electron chi connectivity index (χ4n) is 1.89. The fourth-order valence-corrected chi connectivity index (χ4v) is 1.89. The molecule has 0 bridgehead atoms. The summed E-state index contributed by atoms with van der Waals surface area (Å²) in [7, 11) is 1.61. The van der Waals surface area contributed by atoms with E-state index in [1.54, 1.807) is 14.0 Å². The highest BCUT2D eigenvalue weighted by Crippen LogP contribution is 2.13. The van der Waals surface area contributed by atoms with Crippen LogP contribution in [0.25, 0.3) is 0 Å². The molecule has 24 heavy (non-hydrogen) atoms. The number of nitrogens with zero attached hydrogens (tertiary/aromatic N) is 1. The van der Waals surface area contributed by atoms with Crippen molar-refractivity contribution in [3.63, 3.8) is 0 Å². The third-order valence-electron chi connectivity index (χ3n) is 3.57. The highest BCUT2D eigenvalue weighted by atomic mass is 35.5. The Hall–Kier alpha value is -1.79. The lowest BCUT2D eigenvalue weighted by molar-refractivity contribution is -0.142. The summed E-state index contributed by atoms with van der Waals surface area (Å²) in [5.74, 6) is -0.364. The quantitative estimate of drug-likeness (QED) is 0.627. The summed E-state index contributed by atoms with van der Waals surface area (Å²) in [6, 6.07) is 6.90. The fraction of sp³-hybridized carbons (Fsp3) is 0.529. The molecule has 1 aromatic carbocycles. The van der Waals surface area contributed by atoms with Crippen LogP contribution in [0.3, 0.4) is 0 Å². The molecule has 1 atom stereocenters. The van der Waals surface area contributed by atoms with Gasteiger partial charge in [-0.3, -0.25) is 14.5 Å². The molecule has 0 aromatic heterocycles. The van der Waals surface area contributed by atoms with Gasteiger partial charge in [-0.05, 0) is 38.1 Å². The number of carbonyl (C=O) groups is 2. The van der Waals surface area contributed by atoms with E-state index in [9.17, 15) is 9.59 Å². The zero-order valence-corrected chi connectivity index (χ0v) is 15.3. The molecule has 1 rings (SSSR count). The van der Waals surface area contributed by atoms with E-state index in [1.807, 2.05) is 24.3 Å². The van der Waals surface area contributed by atoms with E-state index in [1.165, 1.54) is 4.90 Å². The van der Waals surface area contributed by atoms with Crippen LogP contribution in [-0.4, -0.2) is 48.1 Å². The molecule has 1 amide bonds. The van der Waals surface area contributed by atoms with Gasteiger partial charge in [-0.1, -0.05) is 25.5 Å². The van der Waals surface area contributed by atoms with Gasteiger partial charge in [0.25, 0.3) is 0 Å². The van der Waals surface area contributed by atoms with Gasteiger partial charge < -0.3 is 15.2 Å². The third-order valence-corrected chi connectivity index (χ3v) is 3.57. The molecule has 0 radical (unpaired) electrons. The molecule has 0 aliphatic carbocycles. The molecule has 0 aliphatic rings. The average molecular weight is 359 g/mol. The van der Waals surface area contributed by atoms with Crippen molar-refractivity contribution in [1.29, 1.82) is 0 Å². The van der Waals surface area contributed by atoms with Gasteiger partial charge in [-0.2, -0.15) is 0 Å². The van der Waals surface area contributed by atoms with Crippen LogP contribution in [-0.2, 0) is 16.1 Å². The van der Waals surface area contributed by atoms with E-state index >= 15 is 0 Å². The lowest BCUT2D eigenvalue weighted by atomic mass is 10.2. The predicted octanol–water partition coefficient (Wildman–Crippen LogP) is 2.31. The number of amides is 1. The molecule has 0 aliphatic heterocycles. The highest BCUT2D eigenvalue weighted by molar-refractivity contribution is 5.85. The van der Waals surface area contributed by atoms with Crippen LogP contribution in [0, 0.1) is 0 Å². The van der Waals surface area contributed by atoms with E-state index in [-0.39, 0.29) is 24.9 Å². The second kappa shape index (κ2) is 11.7.